The summed E-state index contributed by atoms with van der Waals surface area (Å²) in [5.41, 5.74) is 2.78. The van der Waals surface area contributed by atoms with E-state index in [0.29, 0.717) is 12.1 Å². The predicted molar refractivity (Wildman–Crippen MR) is 77.9 cm³/mol. The second kappa shape index (κ2) is 6.38. The summed E-state index contributed by atoms with van der Waals surface area (Å²) in [4.78, 5) is 0. The van der Waals surface area contributed by atoms with Crippen molar-refractivity contribution < 1.29 is 0 Å². The molecular formula is C16H15ClN2. The molecular weight excluding hydrogens is 256 g/mol. The van der Waals surface area contributed by atoms with Crippen LogP contribution in [0.15, 0.2) is 48.5 Å². The van der Waals surface area contributed by atoms with Gasteiger partial charge in [0.25, 0.3) is 0 Å². The Morgan fingerprint density at radius 3 is 2.58 bits per heavy atom. The Labute approximate surface area is 118 Å². The lowest BCUT2D eigenvalue weighted by atomic mass is 10.1. The van der Waals surface area contributed by atoms with Crippen LogP contribution in [0.2, 0.25) is 5.02 Å². The van der Waals surface area contributed by atoms with Crippen molar-refractivity contribution in [3.05, 3.63) is 70.2 Å². The third-order valence-electron chi connectivity index (χ3n) is 3.11. The summed E-state index contributed by atoms with van der Waals surface area (Å²) in [7, 11) is 0. The number of nitrogens with one attached hydrogen (secondary N) is 1. The Kier molecular flexibility index (Phi) is 4.57. The van der Waals surface area contributed by atoms with Gasteiger partial charge in [-0.2, -0.15) is 5.26 Å². The van der Waals surface area contributed by atoms with Gasteiger partial charge in [0.05, 0.1) is 11.6 Å². The molecule has 2 rings (SSSR count). The summed E-state index contributed by atoms with van der Waals surface area (Å²) in [6.07, 6.45) is 0. The molecule has 0 saturated carbocycles. The van der Waals surface area contributed by atoms with Crippen LogP contribution in [-0.2, 0) is 6.54 Å². The van der Waals surface area contributed by atoms with E-state index in [0.717, 1.165) is 16.1 Å². The van der Waals surface area contributed by atoms with Crippen LogP contribution in [-0.4, -0.2) is 0 Å². The molecule has 0 spiro atoms. The Hall–Kier alpha value is -1.82. The molecule has 0 bridgehead atoms. The van der Waals surface area contributed by atoms with Gasteiger partial charge in [0, 0.05) is 17.6 Å². The number of halogens is 1. The standard InChI is InChI=1S/C16H15ClN2/c1-12(15-8-4-5-9-16(15)17)19-11-14-7-3-2-6-13(14)10-18/h2-9,12,19H,11H2,1H3/t12-/m0/s1. The molecule has 19 heavy (non-hydrogen) atoms. The highest BCUT2D eigenvalue weighted by Gasteiger charge is 2.09. The highest BCUT2D eigenvalue weighted by molar-refractivity contribution is 6.31. The van der Waals surface area contributed by atoms with Crippen LogP contribution in [0.5, 0.6) is 0 Å². The first kappa shape index (κ1) is 13.6. The van der Waals surface area contributed by atoms with Gasteiger partial charge in [-0.05, 0) is 30.2 Å². The van der Waals surface area contributed by atoms with Gasteiger partial charge >= 0.3 is 0 Å². The summed E-state index contributed by atoms with van der Waals surface area (Å²) in [5.74, 6) is 0. The van der Waals surface area contributed by atoms with Crippen molar-refractivity contribution in [3.8, 4) is 6.07 Å². The molecule has 96 valence electrons. The number of hydrogen-bond donors (Lipinski definition) is 1. The summed E-state index contributed by atoms with van der Waals surface area (Å²) >= 11 is 6.17. The van der Waals surface area contributed by atoms with Gasteiger partial charge in [-0.3, -0.25) is 0 Å². The average Bonchev–Trinajstić information content (AvgIpc) is 2.45. The van der Waals surface area contributed by atoms with Crippen LogP contribution in [0.4, 0.5) is 0 Å². The maximum atomic E-state index is 9.05. The molecule has 0 fully saturated rings. The van der Waals surface area contributed by atoms with Gasteiger partial charge in [-0.1, -0.05) is 48.0 Å². The average molecular weight is 271 g/mol. The third kappa shape index (κ3) is 3.35. The zero-order chi connectivity index (χ0) is 13.7. The van der Waals surface area contributed by atoms with Crippen molar-refractivity contribution in [2.45, 2.75) is 19.5 Å². The van der Waals surface area contributed by atoms with Crippen LogP contribution in [0.3, 0.4) is 0 Å². The molecule has 0 amide bonds. The number of rotatable bonds is 4. The van der Waals surface area contributed by atoms with Crippen molar-refractivity contribution >= 4 is 11.6 Å². The Balaban J connectivity index is 2.07. The van der Waals surface area contributed by atoms with Crippen LogP contribution >= 0.6 is 11.6 Å². The maximum Gasteiger partial charge on any atom is 0.0995 e. The van der Waals surface area contributed by atoms with E-state index in [1.165, 1.54) is 0 Å². The minimum absolute atomic E-state index is 0.139. The van der Waals surface area contributed by atoms with E-state index >= 15 is 0 Å². The molecule has 0 aliphatic heterocycles. The monoisotopic (exact) mass is 270 g/mol. The number of nitrogens with zero attached hydrogens (tertiary/aromatic N) is 1. The number of nitriles is 1. The molecule has 0 unspecified atom stereocenters. The van der Waals surface area contributed by atoms with E-state index in [1.807, 2.05) is 48.5 Å². The molecule has 2 aromatic rings. The Morgan fingerprint density at radius 1 is 1.16 bits per heavy atom. The molecule has 3 heteroatoms. The SMILES string of the molecule is C[C@H](NCc1ccccc1C#N)c1ccccc1Cl. The lowest BCUT2D eigenvalue weighted by Gasteiger charge is -2.16. The highest BCUT2D eigenvalue weighted by Crippen LogP contribution is 2.22. The molecule has 0 aliphatic rings. The summed E-state index contributed by atoms with van der Waals surface area (Å²) < 4.78 is 0. The highest BCUT2D eigenvalue weighted by atomic mass is 35.5. The second-order valence-electron chi connectivity index (χ2n) is 4.39. The van der Waals surface area contributed by atoms with Crippen LogP contribution in [0, 0.1) is 11.3 Å². The van der Waals surface area contributed by atoms with E-state index in [-0.39, 0.29) is 6.04 Å². The minimum Gasteiger partial charge on any atom is -0.306 e. The summed E-state index contributed by atoms with van der Waals surface area (Å²) in [6, 6.07) is 17.7. The third-order valence-corrected chi connectivity index (χ3v) is 3.45. The number of hydrogen-bond acceptors (Lipinski definition) is 2. The second-order valence-corrected chi connectivity index (χ2v) is 4.80. The van der Waals surface area contributed by atoms with E-state index in [9.17, 15) is 0 Å². The molecule has 0 aromatic heterocycles. The first-order valence-corrected chi connectivity index (χ1v) is 6.56. The molecule has 0 heterocycles. The molecule has 0 aliphatic carbocycles. The van der Waals surface area contributed by atoms with Gasteiger partial charge in [0.1, 0.15) is 0 Å². The fourth-order valence-corrected chi connectivity index (χ4v) is 2.28. The van der Waals surface area contributed by atoms with E-state index in [2.05, 4.69) is 18.3 Å². The first-order valence-electron chi connectivity index (χ1n) is 6.18. The van der Waals surface area contributed by atoms with Gasteiger partial charge in [0.2, 0.25) is 0 Å². The quantitative estimate of drug-likeness (QED) is 0.909. The van der Waals surface area contributed by atoms with Gasteiger partial charge in [-0.25, -0.2) is 0 Å². The molecule has 2 nitrogen and oxygen atoms in total. The minimum atomic E-state index is 0.139. The van der Waals surface area contributed by atoms with E-state index in [1.54, 1.807) is 0 Å². The largest absolute Gasteiger partial charge is 0.306 e. The van der Waals surface area contributed by atoms with Crippen molar-refractivity contribution in [1.82, 2.24) is 5.32 Å². The smallest absolute Gasteiger partial charge is 0.0995 e. The zero-order valence-corrected chi connectivity index (χ0v) is 11.5. The molecule has 1 N–H and O–H groups in total. The van der Waals surface area contributed by atoms with Crippen LogP contribution in [0.1, 0.15) is 29.7 Å². The van der Waals surface area contributed by atoms with Crippen molar-refractivity contribution in [2.75, 3.05) is 0 Å². The first-order chi connectivity index (χ1) is 9.22. The van der Waals surface area contributed by atoms with Crippen LogP contribution in [0.25, 0.3) is 0 Å². The number of benzene rings is 2. The Morgan fingerprint density at radius 2 is 1.84 bits per heavy atom. The van der Waals surface area contributed by atoms with Gasteiger partial charge < -0.3 is 5.32 Å². The summed E-state index contributed by atoms with van der Waals surface area (Å²) in [5, 5.41) is 13.2. The van der Waals surface area contributed by atoms with E-state index < -0.39 is 0 Å². The predicted octanol–water partition coefficient (Wildman–Crippen LogP) is 4.06. The normalized spacial score (nSPS) is 11.8. The molecule has 1 atom stereocenters. The van der Waals surface area contributed by atoms with Crippen molar-refractivity contribution in [3.63, 3.8) is 0 Å². The van der Waals surface area contributed by atoms with Crippen molar-refractivity contribution in [2.24, 2.45) is 0 Å². The Bertz CT molecular complexity index is 602. The summed E-state index contributed by atoms with van der Waals surface area (Å²) in [6.45, 7) is 2.71. The van der Waals surface area contributed by atoms with E-state index in [4.69, 9.17) is 16.9 Å². The molecule has 0 radical (unpaired) electrons. The van der Waals surface area contributed by atoms with Crippen molar-refractivity contribution in [1.29, 1.82) is 5.26 Å². The zero-order valence-electron chi connectivity index (χ0n) is 10.7. The lowest BCUT2D eigenvalue weighted by molar-refractivity contribution is 0.574. The topological polar surface area (TPSA) is 35.8 Å². The fourth-order valence-electron chi connectivity index (χ4n) is 1.98. The lowest BCUT2D eigenvalue weighted by Crippen LogP contribution is -2.19. The maximum absolute atomic E-state index is 9.05. The van der Waals surface area contributed by atoms with Gasteiger partial charge in [0.15, 0.2) is 0 Å². The van der Waals surface area contributed by atoms with Gasteiger partial charge in [-0.15, -0.1) is 0 Å². The fraction of sp³-hybridized carbons (Fsp3) is 0.188. The van der Waals surface area contributed by atoms with Crippen LogP contribution < -0.4 is 5.32 Å². The molecule has 0 saturated heterocycles. The molecule has 2 aromatic carbocycles.